The highest BCUT2D eigenvalue weighted by atomic mass is 32.1. The number of nitrogens with zero attached hydrogens (tertiary/aromatic N) is 4. The molecule has 1 aliphatic heterocycles. The van der Waals surface area contributed by atoms with E-state index < -0.39 is 0 Å². The van der Waals surface area contributed by atoms with E-state index >= 15 is 0 Å². The standard InChI is InChI=1S/C19H26N6OS/c26-18(13-4-1-2-5-13)21-15-10-20-23-16(15)14-6-3-9-25(11-14)19-22-17(24-27-19)12-7-8-12/h10,12-14H,1-9,11H2,(H,20,23)(H,21,26). The first kappa shape index (κ1) is 17.2. The van der Waals surface area contributed by atoms with E-state index in [1.165, 1.54) is 37.2 Å². The van der Waals surface area contributed by atoms with Gasteiger partial charge in [0.05, 0.1) is 17.6 Å². The van der Waals surface area contributed by atoms with Crippen LogP contribution in [0.15, 0.2) is 6.20 Å². The maximum atomic E-state index is 12.5. The van der Waals surface area contributed by atoms with Gasteiger partial charge in [0.2, 0.25) is 11.0 Å². The van der Waals surface area contributed by atoms with Gasteiger partial charge in [-0.1, -0.05) is 12.8 Å². The Kier molecular flexibility index (Phi) is 4.59. The highest BCUT2D eigenvalue weighted by molar-refractivity contribution is 7.09. The number of amides is 1. The van der Waals surface area contributed by atoms with E-state index in [2.05, 4.69) is 24.8 Å². The lowest BCUT2D eigenvalue weighted by Crippen LogP contribution is -2.35. The second-order valence-electron chi connectivity index (χ2n) is 8.16. The first-order valence-electron chi connectivity index (χ1n) is 10.2. The molecule has 3 aliphatic rings. The summed E-state index contributed by atoms with van der Waals surface area (Å²) in [5, 5.41) is 11.6. The molecule has 2 saturated carbocycles. The van der Waals surface area contributed by atoms with Crippen LogP contribution in [0.2, 0.25) is 0 Å². The third kappa shape index (κ3) is 3.59. The molecule has 3 heterocycles. The fourth-order valence-corrected chi connectivity index (χ4v) is 5.16. The molecule has 2 aromatic heterocycles. The second kappa shape index (κ2) is 7.22. The number of rotatable bonds is 5. The predicted octanol–water partition coefficient (Wildman–Crippen LogP) is 3.65. The number of H-pyrrole nitrogens is 1. The van der Waals surface area contributed by atoms with Crippen molar-refractivity contribution in [3.05, 3.63) is 17.7 Å². The number of carbonyl (C=O) groups excluding carboxylic acids is 1. The highest BCUT2D eigenvalue weighted by Gasteiger charge is 2.31. The van der Waals surface area contributed by atoms with Gasteiger partial charge in [-0.15, -0.1) is 0 Å². The summed E-state index contributed by atoms with van der Waals surface area (Å²) >= 11 is 1.52. The molecule has 1 amide bonds. The smallest absolute Gasteiger partial charge is 0.227 e. The number of piperidine rings is 1. The van der Waals surface area contributed by atoms with Crippen molar-refractivity contribution < 1.29 is 4.79 Å². The van der Waals surface area contributed by atoms with Crippen molar-refractivity contribution in [3.63, 3.8) is 0 Å². The van der Waals surface area contributed by atoms with Crippen LogP contribution in [0.3, 0.4) is 0 Å². The summed E-state index contributed by atoms with van der Waals surface area (Å²) in [6.07, 6.45) is 10.8. The normalized spacial score (nSPS) is 23.7. The molecular formula is C19H26N6OS. The lowest BCUT2D eigenvalue weighted by Gasteiger charge is -2.32. The minimum absolute atomic E-state index is 0.154. The van der Waals surface area contributed by atoms with Crippen molar-refractivity contribution >= 4 is 28.3 Å². The van der Waals surface area contributed by atoms with Gasteiger partial charge in [0.25, 0.3) is 0 Å². The molecule has 1 saturated heterocycles. The van der Waals surface area contributed by atoms with Gasteiger partial charge in [0, 0.05) is 42.4 Å². The lowest BCUT2D eigenvalue weighted by atomic mass is 9.94. The van der Waals surface area contributed by atoms with Crippen LogP contribution >= 0.6 is 11.5 Å². The van der Waals surface area contributed by atoms with E-state index in [1.807, 2.05) is 0 Å². The number of hydrogen-bond donors (Lipinski definition) is 2. The van der Waals surface area contributed by atoms with Crippen molar-refractivity contribution in [2.24, 2.45) is 5.92 Å². The summed E-state index contributed by atoms with van der Waals surface area (Å²) in [4.78, 5) is 19.6. The summed E-state index contributed by atoms with van der Waals surface area (Å²) in [6, 6.07) is 0. The van der Waals surface area contributed by atoms with Gasteiger partial charge in [0.15, 0.2) is 0 Å². The Morgan fingerprint density at radius 1 is 1.15 bits per heavy atom. The zero-order chi connectivity index (χ0) is 18.2. The van der Waals surface area contributed by atoms with Crippen molar-refractivity contribution in [1.82, 2.24) is 19.6 Å². The number of anilines is 2. The van der Waals surface area contributed by atoms with E-state index in [0.29, 0.717) is 11.8 Å². The molecule has 2 aromatic rings. The fourth-order valence-electron chi connectivity index (χ4n) is 4.38. The third-order valence-electron chi connectivity index (χ3n) is 6.13. The monoisotopic (exact) mass is 386 g/mol. The molecule has 144 valence electrons. The molecule has 8 heteroatoms. The molecule has 0 spiro atoms. The van der Waals surface area contributed by atoms with Crippen molar-refractivity contribution in [3.8, 4) is 0 Å². The third-order valence-corrected chi connectivity index (χ3v) is 6.92. The highest BCUT2D eigenvalue weighted by Crippen LogP contribution is 2.40. The molecule has 2 N–H and O–H groups in total. The van der Waals surface area contributed by atoms with Crippen LogP contribution in [0.4, 0.5) is 10.8 Å². The van der Waals surface area contributed by atoms with Crippen LogP contribution < -0.4 is 10.2 Å². The van der Waals surface area contributed by atoms with Crippen molar-refractivity contribution in [1.29, 1.82) is 0 Å². The average Bonchev–Trinajstić information content (AvgIpc) is 3.13. The van der Waals surface area contributed by atoms with Gasteiger partial charge >= 0.3 is 0 Å². The summed E-state index contributed by atoms with van der Waals surface area (Å²) < 4.78 is 4.55. The number of aromatic amines is 1. The Morgan fingerprint density at radius 3 is 2.81 bits per heavy atom. The molecule has 0 radical (unpaired) electrons. The van der Waals surface area contributed by atoms with Gasteiger partial charge in [-0.2, -0.15) is 9.47 Å². The fraction of sp³-hybridized carbons (Fsp3) is 0.684. The molecule has 5 rings (SSSR count). The first-order chi connectivity index (χ1) is 13.3. The molecule has 27 heavy (non-hydrogen) atoms. The van der Waals surface area contributed by atoms with Crippen LogP contribution in [0.25, 0.3) is 0 Å². The average molecular weight is 387 g/mol. The van der Waals surface area contributed by atoms with Gasteiger partial charge in [0.1, 0.15) is 5.82 Å². The van der Waals surface area contributed by atoms with Crippen molar-refractivity contribution in [2.75, 3.05) is 23.3 Å². The maximum Gasteiger partial charge on any atom is 0.227 e. The summed E-state index contributed by atoms with van der Waals surface area (Å²) in [7, 11) is 0. The van der Waals surface area contributed by atoms with Gasteiger partial charge in [-0.05, 0) is 38.5 Å². The molecule has 1 unspecified atom stereocenters. The van der Waals surface area contributed by atoms with E-state index in [1.54, 1.807) is 6.20 Å². The number of hydrogen-bond acceptors (Lipinski definition) is 6. The predicted molar refractivity (Wildman–Crippen MR) is 105 cm³/mol. The molecular weight excluding hydrogens is 360 g/mol. The van der Waals surface area contributed by atoms with Crippen LogP contribution in [0.1, 0.15) is 74.7 Å². The van der Waals surface area contributed by atoms with E-state index in [0.717, 1.165) is 61.1 Å². The molecule has 0 bridgehead atoms. The Hall–Kier alpha value is -1.96. The number of aromatic nitrogens is 4. The van der Waals surface area contributed by atoms with Crippen LogP contribution in [0.5, 0.6) is 0 Å². The zero-order valence-corrected chi connectivity index (χ0v) is 16.3. The molecule has 0 aromatic carbocycles. The Balaban J connectivity index is 1.28. The van der Waals surface area contributed by atoms with Gasteiger partial charge in [-0.25, -0.2) is 4.98 Å². The number of carbonyl (C=O) groups is 1. The van der Waals surface area contributed by atoms with Crippen molar-refractivity contribution in [2.45, 2.75) is 63.2 Å². The minimum Gasteiger partial charge on any atom is -0.346 e. The Bertz CT molecular complexity index is 807. The largest absolute Gasteiger partial charge is 0.346 e. The minimum atomic E-state index is 0.154. The summed E-state index contributed by atoms with van der Waals surface area (Å²) in [5.41, 5.74) is 1.91. The van der Waals surface area contributed by atoms with E-state index in [9.17, 15) is 4.79 Å². The van der Waals surface area contributed by atoms with Gasteiger partial charge < -0.3 is 10.2 Å². The Morgan fingerprint density at radius 2 is 2.00 bits per heavy atom. The zero-order valence-electron chi connectivity index (χ0n) is 15.5. The van der Waals surface area contributed by atoms with Crippen LogP contribution in [-0.4, -0.2) is 38.6 Å². The molecule has 2 aliphatic carbocycles. The maximum absolute atomic E-state index is 12.5. The van der Waals surface area contributed by atoms with Crippen LogP contribution in [0, 0.1) is 5.92 Å². The quantitative estimate of drug-likeness (QED) is 0.819. The van der Waals surface area contributed by atoms with E-state index in [4.69, 9.17) is 4.98 Å². The number of nitrogens with one attached hydrogen (secondary N) is 2. The topological polar surface area (TPSA) is 86.8 Å². The first-order valence-corrected chi connectivity index (χ1v) is 11.0. The van der Waals surface area contributed by atoms with Crippen LogP contribution in [-0.2, 0) is 4.79 Å². The Labute approximate surface area is 163 Å². The summed E-state index contributed by atoms with van der Waals surface area (Å²) in [6.45, 7) is 1.92. The molecule has 3 fully saturated rings. The van der Waals surface area contributed by atoms with Gasteiger partial charge in [-0.3, -0.25) is 9.89 Å². The van der Waals surface area contributed by atoms with E-state index in [-0.39, 0.29) is 11.8 Å². The molecule has 1 atom stereocenters. The lowest BCUT2D eigenvalue weighted by molar-refractivity contribution is -0.119. The summed E-state index contributed by atoms with van der Waals surface area (Å²) in [5.74, 6) is 2.27. The molecule has 7 nitrogen and oxygen atoms in total. The SMILES string of the molecule is O=C(Nc1cn[nH]c1C1CCCN(c2nc(C3CC3)ns2)C1)C1CCCC1. The second-order valence-corrected chi connectivity index (χ2v) is 8.89.